The van der Waals surface area contributed by atoms with E-state index in [1.807, 2.05) is 10.8 Å². The third-order valence-corrected chi connectivity index (χ3v) is 6.43. The van der Waals surface area contributed by atoms with Gasteiger partial charge in [-0.05, 0) is 19.3 Å². The van der Waals surface area contributed by atoms with E-state index in [-0.39, 0.29) is 12.4 Å². The van der Waals surface area contributed by atoms with Gasteiger partial charge < -0.3 is 12.4 Å². The topological polar surface area (TPSA) is 46.2 Å². The van der Waals surface area contributed by atoms with Gasteiger partial charge in [-0.15, -0.1) is 3.97 Å². The molecule has 0 bridgehead atoms. The van der Waals surface area contributed by atoms with Crippen LogP contribution in [0.15, 0.2) is 18.7 Å². The Hall–Kier alpha value is -0.110. The van der Waals surface area contributed by atoms with Crippen LogP contribution in [0.2, 0.25) is 0 Å². The monoisotopic (exact) mass is 457 g/mol. The van der Waals surface area contributed by atoms with Gasteiger partial charge in [0.1, 0.15) is 12.4 Å². The van der Waals surface area contributed by atoms with E-state index in [2.05, 4.69) is 15.9 Å². The maximum atomic E-state index is 12.0. The lowest BCUT2D eigenvalue weighted by Crippen LogP contribution is -3.00. The first-order valence-corrected chi connectivity index (χ1v) is 11.6. The third-order valence-electron chi connectivity index (χ3n) is 4.19. The van der Waals surface area contributed by atoms with Crippen molar-refractivity contribution in [3.8, 4) is 0 Å². The summed E-state index contributed by atoms with van der Waals surface area (Å²) in [6.07, 6.45) is 18.1. The van der Waals surface area contributed by atoms with Gasteiger partial charge in [0.15, 0.2) is 0 Å². The minimum Gasteiger partial charge on any atom is -1.00 e. The highest BCUT2D eigenvalue weighted by Crippen LogP contribution is 2.11. The first kappa shape index (κ1) is 24.9. The maximum Gasteiger partial charge on any atom is 0.379 e. The van der Waals surface area contributed by atoms with E-state index in [0.717, 1.165) is 18.3 Å². The summed E-state index contributed by atoms with van der Waals surface area (Å²) in [4.78, 5) is 0. The van der Waals surface area contributed by atoms with E-state index < -0.39 is 10.2 Å². The van der Waals surface area contributed by atoms with Crippen LogP contribution in [0.4, 0.5) is 0 Å². The largest absolute Gasteiger partial charge is 1.00 e. The number of aromatic nitrogens is 2. The number of hydrogen-bond acceptors (Lipinski definition) is 2. The average molecular weight is 459 g/mol. The second-order valence-corrected chi connectivity index (χ2v) is 9.34. The van der Waals surface area contributed by atoms with Crippen LogP contribution in [0.5, 0.6) is 0 Å². The molecule has 0 spiro atoms. The molecule has 1 aromatic rings. The standard InChI is InChI=1S/C17H33BrN3O2S.ClH/c1-19(2)24(22,23)21-16-15-20(17-21)14-12-10-8-6-4-3-5-7-9-11-13-18;/h15-17H,3-14H2,1-2H3;1H/q+1;/p-1. The fraction of sp³-hybridized carbons (Fsp3) is 0.824. The number of unbranched alkanes of at least 4 members (excludes halogenated alkanes) is 9. The van der Waals surface area contributed by atoms with Gasteiger partial charge in [0.25, 0.3) is 6.33 Å². The van der Waals surface area contributed by atoms with Crippen LogP contribution >= 0.6 is 15.9 Å². The molecule has 0 unspecified atom stereocenters. The van der Waals surface area contributed by atoms with E-state index in [0.29, 0.717) is 0 Å². The zero-order valence-electron chi connectivity index (χ0n) is 15.5. The Kier molecular flexibility index (Phi) is 13.9. The Morgan fingerprint density at radius 2 is 1.40 bits per heavy atom. The lowest BCUT2D eigenvalue weighted by Gasteiger charge is -2.05. The van der Waals surface area contributed by atoms with Gasteiger partial charge in [-0.2, -0.15) is 12.7 Å². The van der Waals surface area contributed by atoms with Crippen LogP contribution in [0.1, 0.15) is 64.2 Å². The fourth-order valence-electron chi connectivity index (χ4n) is 2.63. The zero-order chi connectivity index (χ0) is 17.8. The molecule has 5 nitrogen and oxygen atoms in total. The lowest BCUT2D eigenvalue weighted by molar-refractivity contribution is -0.696. The molecule has 0 N–H and O–H groups in total. The Labute approximate surface area is 168 Å². The first-order valence-electron chi connectivity index (χ1n) is 9.04. The number of nitrogens with zero attached hydrogens (tertiary/aromatic N) is 3. The molecule has 0 saturated carbocycles. The van der Waals surface area contributed by atoms with Crippen molar-refractivity contribution >= 4 is 26.1 Å². The van der Waals surface area contributed by atoms with E-state index in [4.69, 9.17) is 0 Å². The number of imidazole rings is 1. The van der Waals surface area contributed by atoms with Crippen LogP contribution in [0.3, 0.4) is 0 Å². The predicted octanol–water partition coefficient (Wildman–Crippen LogP) is 0.730. The third kappa shape index (κ3) is 9.97. The molecule has 0 atom stereocenters. The van der Waals surface area contributed by atoms with Gasteiger partial charge in [0.05, 0.1) is 6.54 Å². The normalized spacial score (nSPS) is 11.7. The van der Waals surface area contributed by atoms with Crippen molar-refractivity contribution in [1.82, 2.24) is 8.28 Å². The van der Waals surface area contributed by atoms with E-state index in [9.17, 15) is 8.42 Å². The molecule has 0 saturated heterocycles. The number of aryl methyl sites for hydroxylation is 1. The van der Waals surface area contributed by atoms with Crippen molar-refractivity contribution in [1.29, 1.82) is 0 Å². The van der Waals surface area contributed by atoms with Gasteiger partial charge in [-0.3, -0.25) is 0 Å². The Morgan fingerprint density at radius 3 is 1.88 bits per heavy atom. The summed E-state index contributed by atoms with van der Waals surface area (Å²) in [7, 11) is -0.298. The van der Waals surface area contributed by atoms with Crippen LogP contribution in [0.25, 0.3) is 0 Å². The van der Waals surface area contributed by atoms with Crippen molar-refractivity contribution in [2.24, 2.45) is 0 Å². The van der Waals surface area contributed by atoms with Crippen LogP contribution in [-0.2, 0) is 16.8 Å². The molecule has 1 rings (SSSR count). The van der Waals surface area contributed by atoms with Crippen LogP contribution in [0, 0.1) is 0 Å². The van der Waals surface area contributed by atoms with Crippen molar-refractivity contribution in [2.45, 2.75) is 70.8 Å². The highest BCUT2D eigenvalue weighted by Gasteiger charge is 2.22. The van der Waals surface area contributed by atoms with Crippen LogP contribution in [-0.4, -0.2) is 36.1 Å². The van der Waals surface area contributed by atoms with Crippen molar-refractivity contribution in [3.63, 3.8) is 0 Å². The summed E-state index contributed by atoms with van der Waals surface area (Å²) in [6.45, 7) is 0.877. The summed E-state index contributed by atoms with van der Waals surface area (Å²) in [5.74, 6) is 0. The maximum absolute atomic E-state index is 12.0. The van der Waals surface area contributed by atoms with Gasteiger partial charge in [-0.25, -0.2) is 4.57 Å². The molecule has 0 aliphatic rings. The predicted molar refractivity (Wildman–Crippen MR) is 103 cm³/mol. The molecule has 0 aliphatic heterocycles. The van der Waals surface area contributed by atoms with Crippen molar-refractivity contribution < 1.29 is 25.4 Å². The highest BCUT2D eigenvalue weighted by atomic mass is 79.9. The Morgan fingerprint density at radius 1 is 0.920 bits per heavy atom. The van der Waals surface area contributed by atoms with Gasteiger partial charge >= 0.3 is 10.2 Å². The Balaban J connectivity index is 0.00000576. The summed E-state index contributed by atoms with van der Waals surface area (Å²) < 4.78 is 28.4. The average Bonchev–Trinajstić information content (AvgIpc) is 3.02. The number of hydrogen-bond donors (Lipinski definition) is 0. The molecular formula is C17H33BrClN3O2S. The van der Waals surface area contributed by atoms with Gasteiger partial charge in [0, 0.05) is 19.4 Å². The summed E-state index contributed by atoms with van der Waals surface area (Å²) in [5, 5.41) is 1.13. The number of rotatable bonds is 14. The molecule has 1 aromatic heterocycles. The molecule has 0 aliphatic carbocycles. The van der Waals surface area contributed by atoms with Crippen molar-refractivity contribution in [3.05, 3.63) is 18.7 Å². The van der Waals surface area contributed by atoms with E-state index >= 15 is 0 Å². The van der Waals surface area contributed by atoms with E-state index in [1.165, 1.54) is 66.1 Å². The van der Waals surface area contributed by atoms with Crippen LogP contribution < -0.4 is 17.0 Å². The molecular weight excluding hydrogens is 426 g/mol. The first-order chi connectivity index (χ1) is 11.5. The number of alkyl halides is 1. The molecule has 148 valence electrons. The molecule has 0 amide bonds. The second-order valence-electron chi connectivity index (χ2n) is 6.50. The smallest absolute Gasteiger partial charge is 0.379 e. The summed E-state index contributed by atoms with van der Waals surface area (Å²) in [6, 6.07) is 0. The minimum atomic E-state index is -3.38. The van der Waals surface area contributed by atoms with Gasteiger partial charge in [0.2, 0.25) is 0 Å². The molecule has 25 heavy (non-hydrogen) atoms. The molecule has 0 fully saturated rings. The quantitative estimate of drug-likeness (QED) is 0.234. The Bertz CT molecular complexity index is 550. The van der Waals surface area contributed by atoms with Crippen molar-refractivity contribution in [2.75, 3.05) is 19.4 Å². The highest BCUT2D eigenvalue weighted by molar-refractivity contribution is 9.09. The molecule has 1 heterocycles. The lowest BCUT2D eigenvalue weighted by atomic mass is 10.1. The number of halogens is 2. The summed E-state index contributed by atoms with van der Waals surface area (Å²) in [5.41, 5.74) is 0. The second kappa shape index (κ2) is 14.0. The van der Waals surface area contributed by atoms with Gasteiger partial charge in [-0.1, -0.05) is 60.9 Å². The zero-order valence-corrected chi connectivity index (χ0v) is 18.7. The summed E-state index contributed by atoms with van der Waals surface area (Å²) >= 11 is 3.47. The van der Waals surface area contributed by atoms with E-state index in [1.54, 1.807) is 26.6 Å². The SMILES string of the molecule is CN(C)S(=O)(=O)n1cc[n+](CCCCCCCCCCCCBr)c1.[Cl-]. The molecule has 8 heteroatoms. The fourth-order valence-corrected chi connectivity index (χ4v) is 3.86. The minimum absolute atomic E-state index is 0. The molecule has 0 radical (unpaired) electrons. The molecule has 0 aromatic carbocycles.